The van der Waals surface area contributed by atoms with Gasteiger partial charge in [0.05, 0.1) is 25.0 Å². The predicted octanol–water partition coefficient (Wildman–Crippen LogP) is 5.77. The van der Waals surface area contributed by atoms with Crippen molar-refractivity contribution in [1.82, 2.24) is 0 Å². The fourth-order valence-corrected chi connectivity index (χ4v) is 9.11. The van der Waals surface area contributed by atoms with Gasteiger partial charge in [-0.25, -0.2) is 0 Å². The molecule has 0 radical (unpaired) electrons. The normalized spacial score (nSPS) is 22.8. The van der Waals surface area contributed by atoms with Crippen LogP contribution in [0, 0.1) is 0 Å². The summed E-state index contributed by atoms with van der Waals surface area (Å²) < 4.78 is 24.1. The van der Waals surface area contributed by atoms with E-state index in [1.807, 2.05) is 13.8 Å². The van der Waals surface area contributed by atoms with Gasteiger partial charge in [-0.3, -0.25) is 0 Å². The van der Waals surface area contributed by atoms with Crippen molar-refractivity contribution in [3.8, 4) is 86.2 Å². The maximum atomic E-state index is 12.5. The second kappa shape index (κ2) is 17.0. The highest BCUT2D eigenvalue weighted by molar-refractivity contribution is 5.70. The van der Waals surface area contributed by atoms with E-state index in [2.05, 4.69) is 0 Å². The smallest absolute Gasteiger partial charge is 0.160 e. The van der Waals surface area contributed by atoms with Crippen LogP contribution in [0.5, 0.6) is 86.2 Å². The molecule has 9 rings (SSSR count). The first kappa shape index (κ1) is 44.8. The van der Waals surface area contributed by atoms with E-state index >= 15 is 0 Å². The van der Waals surface area contributed by atoms with Crippen molar-refractivity contribution in [2.45, 2.75) is 68.7 Å². The van der Waals surface area contributed by atoms with E-state index in [9.17, 15) is 71.5 Å². The van der Waals surface area contributed by atoms with Crippen molar-refractivity contribution in [3.05, 3.63) is 123 Å². The van der Waals surface area contributed by atoms with Crippen LogP contribution in [0.3, 0.4) is 0 Å². The van der Waals surface area contributed by atoms with Crippen LogP contribution in [-0.2, 0) is 6.42 Å². The molecule has 3 aliphatic rings. The van der Waals surface area contributed by atoms with Gasteiger partial charge in [0.25, 0.3) is 0 Å². The van der Waals surface area contributed by atoms with Crippen LogP contribution in [0.25, 0.3) is 0 Å². The molecule has 18 nitrogen and oxygen atoms in total. The fraction of sp³-hybridized carbons (Fsp3) is 0.250. The lowest BCUT2D eigenvalue weighted by atomic mass is 9.73. The highest BCUT2D eigenvalue weighted by atomic mass is 16.5. The summed E-state index contributed by atoms with van der Waals surface area (Å²) in [6.07, 6.45) is -9.76. The molecule has 0 saturated heterocycles. The van der Waals surface area contributed by atoms with Gasteiger partial charge in [0.15, 0.2) is 46.7 Å². The largest absolute Gasteiger partial charge is 0.508 e. The van der Waals surface area contributed by atoms with Crippen LogP contribution < -0.4 is 18.9 Å². The van der Waals surface area contributed by atoms with E-state index in [-0.39, 0.29) is 73.9 Å². The quantitative estimate of drug-likeness (QED) is 0.0882. The van der Waals surface area contributed by atoms with E-state index in [1.54, 1.807) is 0 Å². The van der Waals surface area contributed by atoms with Gasteiger partial charge >= 0.3 is 0 Å². The lowest BCUT2D eigenvalue weighted by Crippen LogP contribution is -2.39. The number of methoxy groups -OCH3 is 1. The molecule has 0 saturated carbocycles. The monoisotopic (exact) mass is 910 g/mol. The molecule has 6 aromatic rings. The Hall–Kier alpha value is -7.80. The van der Waals surface area contributed by atoms with Gasteiger partial charge in [-0.1, -0.05) is 32.0 Å². The van der Waals surface area contributed by atoms with E-state index in [0.29, 0.717) is 0 Å². The molecule has 66 heavy (non-hydrogen) atoms. The number of phenols is 11. The van der Waals surface area contributed by atoms with Crippen molar-refractivity contribution in [2.75, 3.05) is 7.11 Å². The van der Waals surface area contributed by atoms with Crippen LogP contribution in [0.4, 0.5) is 0 Å². The van der Waals surface area contributed by atoms with Gasteiger partial charge in [-0.2, -0.15) is 0 Å². The summed E-state index contributed by atoms with van der Waals surface area (Å²) in [4.78, 5) is 0. The highest BCUT2D eigenvalue weighted by Crippen LogP contribution is 2.62. The summed E-state index contributed by atoms with van der Waals surface area (Å²) in [5.41, 5.74) is -0.888. The van der Waals surface area contributed by atoms with Crippen LogP contribution >= 0.6 is 0 Å². The molecule has 0 unspecified atom stereocenters. The number of phenolic OH excluding ortho intramolecular Hbond substituents is 11. The number of aliphatic hydroxyl groups is 3. The number of hydrogen-bond donors (Lipinski definition) is 14. The van der Waals surface area contributed by atoms with Crippen molar-refractivity contribution in [1.29, 1.82) is 0 Å². The molecule has 0 aromatic heterocycles. The third-order valence-electron chi connectivity index (χ3n) is 12.0. The molecule has 3 aliphatic heterocycles. The first-order chi connectivity index (χ1) is 31.5. The van der Waals surface area contributed by atoms with Gasteiger partial charge in [0, 0.05) is 58.5 Å². The number of fused-ring (bicyclic) bond motifs is 3. The lowest BCUT2D eigenvalue weighted by Gasteiger charge is -2.43. The van der Waals surface area contributed by atoms with Crippen LogP contribution in [0.1, 0.15) is 88.5 Å². The summed E-state index contributed by atoms with van der Waals surface area (Å²) in [7, 11) is 1.34. The Bertz CT molecular complexity index is 2860. The van der Waals surface area contributed by atoms with Crippen molar-refractivity contribution < 1.29 is 90.4 Å². The Labute approximate surface area is 375 Å². The number of ether oxygens (including phenoxy) is 4. The number of hydrogen-bond acceptors (Lipinski definition) is 18. The molecule has 0 bridgehead atoms. The van der Waals surface area contributed by atoms with Crippen molar-refractivity contribution in [3.63, 3.8) is 0 Å². The topological polar surface area (TPSA) is 320 Å². The van der Waals surface area contributed by atoms with Gasteiger partial charge in [-0.15, -0.1) is 0 Å². The summed E-state index contributed by atoms with van der Waals surface area (Å²) in [6.45, 7) is 4.00. The zero-order valence-corrected chi connectivity index (χ0v) is 35.2. The standard InChI is InChI=1S/C46H40O18.C2H6/c1-61-32-7-4-16(10-26(32)53)42-31(58)13-20-23(50)14-28(55)35(45(20)63-42)39-37-30(57)15-29(56)36(46(37)64-44(41(39)60)18-3-6-22(49)25(52)9-18)38-34-27(54)11-19(47)12-33(34)62-43(40(38)59)17-2-5-21(48)24(51)8-17;1-2/h2-12,14-15,31,38-44,47-60H,13H2,1H3;1-2H3/t31-,38-,39+,40-,41-,42-,43-,44-;/m1./s1. The minimum atomic E-state index is -1.89. The summed E-state index contributed by atoms with van der Waals surface area (Å²) in [5.74, 6) is -10.5. The molecule has 14 N–H and O–H groups in total. The molecule has 346 valence electrons. The Morgan fingerprint density at radius 2 is 0.894 bits per heavy atom. The molecule has 6 aromatic carbocycles. The maximum absolute atomic E-state index is 12.5. The van der Waals surface area contributed by atoms with Gasteiger partial charge in [-0.05, 0) is 53.1 Å². The molecule has 0 amide bonds. The van der Waals surface area contributed by atoms with Crippen LogP contribution in [0.2, 0.25) is 0 Å². The van der Waals surface area contributed by atoms with E-state index < -0.39 is 112 Å². The minimum absolute atomic E-state index is 0.000402. The predicted molar refractivity (Wildman–Crippen MR) is 230 cm³/mol. The highest BCUT2D eigenvalue weighted by Gasteiger charge is 2.51. The fourth-order valence-electron chi connectivity index (χ4n) is 9.11. The van der Waals surface area contributed by atoms with Crippen LogP contribution in [-0.4, -0.2) is 96.9 Å². The zero-order valence-electron chi connectivity index (χ0n) is 35.2. The third kappa shape index (κ3) is 7.30. The first-order valence-corrected chi connectivity index (χ1v) is 20.6. The van der Waals surface area contributed by atoms with Gasteiger partial charge < -0.3 is 90.4 Å². The third-order valence-corrected chi connectivity index (χ3v) is 12.0. The maximum Gasteiger partial charge on any atom is 0.160 e. The molecule has 0 fully saturated rings. The molecule has 8 atom stereocenters. The minimum Gasteiger partial charge on any atom is -0.508 e. The molecule has 18 heteroatoms. The van der Waals surface area contributed by atoms with E-state index in [1.165, 1.54) is 37.4 Å². The summed E-state index contributed by atoms with van der Waals surface area (Å²) >= 11 is 0. The second-order valence-electron chi connectivity index (χ2n) is 15.8. The number of benzene rings is 6. The molecular weight excluding hydrogens is 865 g/mol. The number of rotatable bonds is 6. The number of aliphatic hydroxyl groups excluding tert-OH is 3. The average Bonchev–Trinajstić information content (AvgIpc) is 3.27. The van der Waals surface area contributed by atoms with Crippen LogP contribution in [0.15, 0.2) is 78.9 Å². The Morgan fingerprint density at radius 3 is 1.44 bits per heavy atom. The van der Waals surface area contributed by atoms with Crippen molar-refractivity contribution in [2.24, 2.45) is 0 Å². The number of aromatic hydroxyl groups is 11. The van der Waals surface area contributed by atoms with E-state index in [4.69, 9.17) is 18.9 Å². The van der Waals surface area contributed by atoms with Gasteiger partial charge in [0.1, 0.15) is 70.1 Å². The first-order valence-electron chi connectivity index (χ1n) is 20.6. The summed E-state index contributed by atoms with van der Waals surface area (Å²) in [5, 5.41) is 157. The SMILES string of the molecule is CC.COc1ccc([C@H]2Oc3c(c(O)cc(O)c3[C@H]3c4c(O)cc(O)c([C@H]5c6c(O)cc(O)cc6O[C@H](c6ccc(O)c(O)c6)[C@@H]5O)c4O[C@H](c4ccc(O)c(O)c4)[C@@H]3O)C[C@H]2O)cc1O. The average molecular weight is 911 g/mol. The van der Waals surface area contributed by atoms with E-state index in [0.717, 1.165) is 48.5 Å². The zero-order chi connectivity index (χ0) is 47.6. The Balaban J connectivity index is 0.00000292. The Kier molecular flexibility index (Phi) is 11.5. The van der Waals surface area contributed by atoms with Gasteiger partial charge in [0.2, 0.25) is 0 Å². The Morgan fingerprint density at radius 1 is 0.439 bits per heavy atom. The summed E-state index contributed by atoms with van der Waals surface area (Å²) in [6, 6.07) is 15.1. The second-order valence-corrected chi connectivity index (χ2v) is 15.8. The molecule has 3 heterocycles. The molecular formula is C48H46O18. The lowest BCUT2D eigenvalue weighted by molar-refractivity contribution is -0.00562. The molecule has 0 aliphatic carbocycles. The van der Waals surface area contributed by atoms with Crippen molar-refractivity contribution >= 4 is 0 Å². The molecule has 0 spiro atoms.